The molecule has 1 aliphatic heterocycles. The average Bonchev–Trinajstić information content (AvgIpc) is 3.58. The van der Waals surface area contributed by atoms with Gasteiger partial charge in [-0.05, 0) is 85.4 Å². The molecule has 0 saturated carbocycles. The lowest BCUT2D eigenvalue weighted by molar-refractivity contribution is 0.0714. The van der Waals surface area contributed by atoms with Gasteiger partial charge in [0.15, 0.2) is 0 Å². The van der Waals surface area contributed by atoms with Gasteiger partial charge in [0.05, 0.1) is 12.8 Å². The lowest BCUT2D eigenvalue weighted by Gasteiger charge is -2.25. The molecule has 0 atom stereocenters. The van der Waals surface area contributed by atoms with Crippen molar-refractivity contribution in [2.24, 2.45) is 0 Å². The third kappa shape index (κ3) is 4.46. The largest absolute Gasteiger partial charge is 0.467 e. The van der Waals surface area contributed by atoms with E-state index in [4.69, 9.17) is 4.42 Å². The second kappa shape index (κ2) is 9.01. The van der Waals surface area contributed by atoms with Gasteiger partial charge in [-0.15, -0.1) is 0 Å². The molecule has 5 nitrogen and oxygen atoms in total. The van der Waals surface area contributed by atoms with E-state index in [1.54, 1.807) is 23.3 Å². The van der Waals surface area contributed by atoms with Crippen molar-refractivity contribution < 1.29 is 13.6 Å². The zero-order chi connectivity index (χ0) is 21.9. The number of carbonyl (C=O) groups is 1. The third-order valence-corrected chi connectivity index (χ3v) is 6.15. The maximum atomic E-state index is 13.3. The summed E-state index contributed by atoms with van der Waals surface area (Å²) in [7, 11) is 0. The highest BCUT2D eigenvalue weighted by molar-refractivity contribution is 5.94. The number of nitrogens with one attached hydrogen (secondary N) is 1. The molecular formula is C26H26FN3O2. The predicted octanol–water partition coefficient (Wildman–Crippen LogP) is 5.31. The van der Waals surface area contributed by atoms with E-state index in [2.05, 4.69) is 28.1 Å². The molecule has 4 aromatic rings. The number of amides is 1. The number of H-pyrrole nitrogens is 1. The Bertz CT molecular complexity index is 1210. The molecule has 6 heteroatoms. The van der Waals surface area contributed by atoms with Crippen LogP contribution >= 0.6 is 0 Å². The molecule has 5 rings (SSSR count). The fourth-order valence-electron chi connectivity index (χ4n) is 4.33. The Morgan fingerprint density at radius 1 is 1.03 bits per heavy atom. The number of benzene rings is 2. The Morgan fingerprint density at radius 2 is 1.84 bits per heavy atom. The number of aromatic nitrogens is 1. The monoisotopic (exact) mass is 431 g/mol. The Hall–Kier alpha value is -3.38. The summed E-state index contributed by atoms with van der Waals surface area (Å²) in [5, 5.41) is 1.14. The van der Waals surface area contributed by atoms with Crippen LogP contribution in [0.5, 0.6) is 0 Å². The van der Waals surface area contributed by atoms with Gasteiger partial charge in [0.1, 0.15) is 11.6 Å². The molecule has 32 heavy (non-hydrogen) atoms. The number of furan rings is 1. The van der Waals surface area contributed by atoms with Crippen molar-refractivity contribution in [1.82, 2.24) is 14.8 Å². The van der Waals surface area contributed by atoms with E-state index >= 15 is 0 Å². The van der Waals surface area contributed by atoms with E-state index < -0.39 is 0 Å². The molecule has 2 aromatic carbocycles. The number of halogens is 1. The van der Waals surface area contributed by atoms with E-state index in [1.165, 1.54) is 25.0 Å². The molecule has 1 N–H and O–H groups in total. The zero-order valence-electron chi connectivity index (χ0n) is 17.9. The van der Waals surface area contributed by atoms with Crippen molar-refractivity contribution in [2.75, 3.05) is 26.2 Å². The molecule has 0 unspecified atom stereocenters. The van der Waals surface area contributed by atoms with Crippen molar-refractivity contribution in [2.45, 2.75) is 19.4 Å². The van der Waals surface area contributed by atoms with E-state index in [9.17, 15) is 9.18 Å². The summed E-state index contributed by atoms with van der Waals surface area (Å²) in [5.41, 5.74) is 3.63. The minimum atomic E-state index is -0.347. The van der Waals surface area contributed by atoms with Gasteiger partial charge in [-0.1, -0.05) is 6.07 Å². The number of aromatic amines is 1. The molecule has 2 aromatic heterocycles. The number of nitrogens with zero attached hydrogens (tertiary/aromatic N) is 2. The van der Waals surface area contributed by atoms with Crippen molar-refractivity contribution in [3.63, 3.8) is 0 Å². The van der Waals surface area contributed by atoms with Crippen molar-refractivity contribution >= 4 is 16.8 Å². The lowest BCUT2D eigenvalue weighted by atomic mass is 10.1. The fourth-order valence-corrected chi connectivity index (χ4v) is 4.33. The minimum Gasteiger partial charge on any atom is -0.467 e. The summed E-state index contributed by atoms with van der Waals surface area (Å²) < 4.78 is 19.2. The Morgan fingerprint density at radius 3 is 2.66 bits per heavy atom. The summed E-state index contributed by atoms with van der Waals surface area (Å²) in [6, 6.07) is 16.0. The van der Waals surface area contributed by atoms with Gasteiger partial charge < -0.3 is 19.2 Å². The molecule has 3 heterocycles. The van der Waals surface area contributed by atoms with Crippen molar-refractivity contribution in [3.8, 4) is 11.1 Å². The van der Waals surface area contributed by atoms with Crippen LogP contribution in [0.1, 0.15) is 29.0 Å². The minimum absolute atomic E-state index is 0.115. The molecule has 1 fully saturated rings. The maximum Gasteiger partial charge on any atom is 0.254 e. The topological polar surface area (TPSA) is 52.5 Å². The molecule has 1 saturated heterocycles. The number of hydrogen-bond donors (Lipinski definition) is 1. The van der Waals surface area contributed by atoms with E-state index in [1.807, 2.05) is 18.3 Å². The molecule has 0 radical (unpaired) electrons. The smallest absolute Gasteiger partial charge is 0.254 e. The number of likely N-dealkylation sites (tertiary alicyclic amines) is 1. The van der Waals surface area contributed by atoms with Gasteiger partial charge in [0.2, 0.25) is 0 Å². The number of fused-ring (bicyclic) bond motifs is 1. The number of rotatable bonds is 7. The summed E-state index contributed by atoms with van der Waals surface area (Å²) in [6.07, 6.45) is 6.08. The van der Waals surface area contributed by atoms with Gasteiger partial charge >= 0.3 is 0 Å². The molecule has 164 valence electrons. The third-order valence-electron chi connectivity index (χ3n) is 6.15. The number of hydrogen-bond acceptors (Lipinski definition) is 3. The van der Waals surface area contributed by atoms with Gasteiger partial charge in [-0.3, -0.25) is 4.79 Å². The summed E-state index contributed by atoms with van der Waals surface area (Å²) in [4.78, 5) is 20.6. The first-order valence-electron chi connectivity index (χ1n) is 11.1. The van der Waals surface area contributed by atoms with Crippen molar-refractivity contribution in [3.05, 3.63) is 84.2 Å². The van der Waals surface area contributed by atoms with Crippen LogP contribution in [0.2, 0.25) is 0 Å². The molecule has 0 bridgehead atoms. The first-order chi connectivity index (χ1) is 15.7. The second-order valence-electron chi connectivity index (χ2n) is 8.36. The predicted molar refractivity (Wildman–Crippen MR) is 123 cm³/mol. The average molecular weight is 432 g/mol. The SMILES string of the molecule is O=C(c1ccc(F)cc1)N(CCN1CCCC1)Cc1cc(-c2ccc3[nH]ccc3c2)co1. The maximum absolute atomic E-state index is 13.3. The van der Waals surface area contributed by atoms with Crippen molar-refractivity contribution in [1.29, 1.82) is 0 Å². The van der Waals surface area contributed by atoms with E-state index in [0.29, 0.717) is 18.7 Å². The summed E-state index contributed by atoms with van der Waals surface area (Å²) in [5.74, 6) is 0.266. The Balaban J connectivity index is 1.35. The van der Waals surface area contributed by atoms with Gasteiger partial charge in [-0.25, -0.2) is 4.39 Å². The molecular weight excluding hydrogens is 405 g/mol. The fraction of sp³-hybridized carbons (Fsp3) is 0.269. The Kier molecular flexibility index (Phi) is 5.77. The summed E-state index contributed by atoms with van der Waals surface area (Å²) >= 11 is 0. The first kappa shape index (κ1) is 20.5. The molecule has 0 spiro atoms. The van der Waals surface area contributed by atoms with Crippen LogP contribution in [0.25, 0.3) is 22.0 Å². The van der Waals surface area contributed by atoms with Crippen LogP contribution in [0.15, 0.2) is 71.5 Å². The second-order valence-corrected chi connectivity index (χ2v) is 8.36. The standard InChI is InChI=1S/C26H26FN3O2/c27-23-6-3-19(4-7-23)26(31)30(14-13-29-11-1-2-12-29)17-24-16-22(18-32-24)20-5-8-25-21(15-20)9-10-28-25/h3-10,15-16,18,28H,1-2,11-14,17H2. The van der Waals surface area contributed by atoms with Gasteiger partial charge in [0, 0.05) is 35.9 Å². The van der Waals surface area contributed by atoms with E-state index in [0.717, 1.165) is 47.4 Å². The Labute approximate surface area is 186 Å². The molecule has 0 aliphatic carbocycles. The van der Waals surface area contributed by atoms with Gasteiger partial charge in [-0.2, -0.15) is 0 Å². The first-order valence-corrected chi connectivity index (χ1v) is 11.1. The van der Waals surface area contributed by atoms with Crippen LogP contribution in [0, 0.1) is 5.82 Å². The molecule has 1 aliphatic rings. The van der Waals surface area contributed by atoms with Crippen LogP contribution in [-0.2, 0) is 6.54 Å². The quantitative estimate of drug-likeness (QED) is 0.432. The van der Waals surface area contributed by atoms with Crippen LogP contribution in [0.3, 0.4) is 0 Å². The number of carbonyl (C=O) groups excluding carboxylic acids is 1. The summed E-state index contributed by atoms with van der Waals surface area (Å²) in [6.45, 7) is 3.94. The lowest BCUT2D eigenvalue weighted by Crippen LogP contribution is -2.37. The van der Waals surface area contributed by atoms with Crippen LogP contribution in [0.4, 0.5) is 4.39 Å². The van der Waals surface area contributed by atoms with E-state index in [-0.39, 0.29) is 11.7 Å². The van der Waals surface area contributed by atoms with Crippen LogP contribution < -0.4 is 0 Å². The molecule has 1 amide bonds. The zero-order valence-corrected chi connectivity index (χ0v) is 17.9. The highest BCUT2D eigenvalue weighted by Crippen LogP contribution is 2.26. The van der Waals surface area contributed by atoms with Crippen LogP contribution in [-0.4, -0.2) is 46.9 Å². The van der Waals surface area contributed by atoms with Gasteiger partial charge in [0.25, 0.3) is 5.91 Å². The highest BCUT2D eigenvalue weighted by Gasteiger charge is 2.20. The normalized spacial score (nSPS) is 14.3. The highest BCUT2D eigenvalue weighted by atomic mass is 19.1.